The van der Waals surface area contributed by atoms with Crippen LogP contribution in [0, 0.1) is 0 Å². The van der Waals surface area contributed by atoms with Crippen molar-refractivity contribution >= 4 is 15.8 Å². The molecule has 23 heavy (non-hydrogen) atoms. The van der Waals surface area contributed by atoms with Gasteiger partial charge in [-0.3, -0.25) is 4.98 Å². The van der Waals surface area contributed by atoms with E-state index < -0.39 is 27.6 Å². The maximum atomic E-state index is 12.9. The maximum absolute atomic E-state index is 12.9. The SMILES string of the molecule is NS(=O)(=O)CCNc1cc(C(F)(F)F)nc(-c2ccncc2)n1. The van der Waals surface area contributed by atoms with Gasteiger partial charge in [0.2, 0.25) is 10.0 Å². The van der Waals surface area contributed by atoms with Crippen molar-refractivity contribution in [3.63, 3.8) is 0 Å². The molecule has 2 heterocycles. The largest absolute Gasteiger partial charge is 0.433 e. The lowest BCUT2D eigenvalue weighted by molar-refractivity contribution is -0.141. The molecule has 0 fully saturated rings. The van der Waals surface area contributed by atoms with Crippen molar-refractivity contribution in [3.8, 4) is 11.4 Å². The molecule has 0 aliphatic carbocycles. The number of nitrogens with zero attached hydrogens (tertiary/aromatic N) is 3. The van der Waals surface area contributed by atoms with Gasteiger partial charge in [-0.2, -0.15) is 13.2 Å². The first kappa shape index (κ1) is 17.1. The van der Waals surface area contributed by atoms with Gasteiger partial charge in [-0.05, 0) is 12.1 Å². The number of aromatic nitrogens is 3. The van der Waals surface area contributed by atoms with Crippen LogP contribution in [0.4, 0.5) is 19.0 Å². The Bertz CT molecular complexity index is 781. The monoisotopic (exact) mass is 347 g/mol. The Hall–Kier alpha value is -2.27. The van der Waals surface area contributed by atoms with Crippen molar-refractivity contribution < 1.29 is 21.6 Å². The molecule has 0 saturated carbocycles. The molecule has 124 valence electrons. The minimum atomic E-state index is -4.67. The molecule has 2 aromatic heterocycles. The summed E-state index contributed by atoms with van der Waals surface area (Å²) in [6.07, 6.45) is -1.87. The number of hydrogen-bond acceptors (Lipinski definition) is 6. The predicted molar refractivity (Wildman–Crippen MR) is 76.7 cm³/mol. The van der Waals surface area contributed by atoms with Crippen LogP contribution in [-0.2, 0) is 16.2 Å². The molecular weight excluding hydrogens is 335 g/mol. The van der Waals surface area contributed by atoms with Gasteiger partial charge in [0, 0.05) is 30.6 Å². The Kier molecular flexibility index (Phi) is 4.80. The number of rotatable bonds is 5. The Morgan fingerprint density at radius 2 is 1.83 bits per heavy atom. The van der Waals surface area contributed by atoms with Gasteiger partial charge in [0.25, 0.3) is 0 Å². The Labute approximate surface area is 129 Å². The minimum absolute atomic E-state index is 0.150. The zero-order valence-electron chi connectivity index (χ0n) is 11.6. The number of primary sulfonamides is 1. The molecule has 11 heteroatoms. The standard InChI is InChI=1S/C12H12F3N5O2S/c13-12(14,15)9-7-10(18-5-6-23(16,21)22)20-11(19-9)8-1-3-17-4-2-8/h1-4,7H,5-6H2,(H2,16,21,22)(H,18,19,20). The highest BCUT2D eigenvalue weighted by molar-refractivity contribution is 7.89. The van der Waals surface area contributed by atoms with Crippen LogP contribution < -0.4 is 10.5 Å². The lowest BCUT2D eigenvalue weighted by Crippen LogP contribution is -2.23. The summed E-state index contributed by atoms with van der Waals surface area (Å²) in [4.78, 5) is 11.2. The summed E-state index contributed by atoms with van der Waals surface area (Å²) in [5.41, 5.74) is -0.794. The molecule has 0 aliphatic rings. The fourth-order valence-corrected chi connectivity index (χ4v) is 2.02. The molecule has 2 aromatic rings. The maximum Gasteiger partial charge on any atom is 0.433 e. The summed E-state index contributed by atoms with van der Waals surface area (Å²) >= 11 is 0. The summed E-state index contributed by atoms with van der Waals surface area (Å²) in [5, 5.41) is 7.33. The second-order valence-corrected chi connectivity index (χ2v) is 6.22. The Morgan fingerprint density at radius 1 is 1.17 bits per heavy atom. The predicted octanol–water partition coefficient (Wildman–Crippen LogP) is 1.26. The quantitative estimate of drug-likeness (QED) is 0.842. The molecule has 0 spiro atoms. The van der Waals surface area contributed by atoms with Gasteiger partial charge in [0.05, 0.1) is 5.75 Å². The molecule has 0 unspecified atom stereocenters. The van der Waals surface area contributed by atoms with E-state index in [0.717, 1.165) is 0 Å². The van der Waals surface area contributed by atoms with Crippen LogP contribution in [-0.4, -0.2) is 35.7 Å². The fraction of sp³-hybridized carbons (Fsp3) is 0.250. The van der Waals surface area contributed by atoms with Crippen molar-refractivity contribution in [2.75, 3.05) is 17.6 Å². The summed E-state index contributed by atoms with van der Waals surface area (Å²) in [7, 11) is -3.73. The number of hydrogen-bond donors (Lipinski definition) is 2. The van der Waals surface area contributed by atoms with Crippen molar-refractivity contribution in [3.05, 3.63) is 36.3 Å². The smallest absolute Gasteiger partial charge is 0.369 e. The van der Waals surface area contributed by atoms with Crippen molar-refractivity contribution in [1.82, 2.24) is 15.0 Å². The van der Waals surface area contributed by atoms with Crippen molar-refractivity contribution in [2.24, 2.45) is 5.14 Å². The molecule has 7 nitrogen and oxygen atoms in total. The van der Waals surface area contributed by atoms with E-state index in [1.807, 2.05) is 0 Å². The van der Waals surface area contributed by atoms with Gasteiger partial charge in [0.15, 0.2) is 11.5 Å². The van der Waals surface area contributed by atoms with Crippen LogP contribution in [0.25, 0.3) is 11.4 Å². The van der Waals surface area contributed by atoms with E-state index in [4.69, 9.17) is 5.14 Å². The van der Waals surface area contributed by atoms with Gasteiger partial charge < -0.3 is 5.32 Å². The zero-order valence-corrected chi connectivity index (χ0v) is 12.4. The van der Waals surface area contributed by atoms with Gasteiger partial charge >= 0.3 is 6.18 Å². The lowest BCUT2D eigenvalue weighted by Gasteiger charge is -2.11. The summed E-state index contributed by atoms with van der Waals surface area (Å²) in [5.74, 6) is -0.744. The Balaban J connectivity index is 2.34. The molecule has 3 N–H and O–H groups in total. The third-order valence-corrected chi connectivity index (χ3v) is 3.42. The van der Waals surface area contributed by atoms with E-state index in [1.165, 1.54) is 24.5 Å². The highest BCUT2D eigenvalue weighted by atomic mass is 32.2. The number of halogens is 3. The van der Waals surface area contributed by atoms with Crippen LogP contribution in [0.2, 0.25) is 0 Å². The van der Waals surface area contributed by atoms with Crippen molar-refractivity contribution in [2.45, 2.75) is 6.18 Å². The second-order valence-electron chi connectivity index (χ2n) is 4.49. The van der Waals surface area contributed by atoms with Crippen LogP contribution in [0.3, 0.4) is 0 Å². The van der Waals surface area contributed by atoms with Gasteiger partial charge in [-0.25, -0.2) is 23.5 Å². The molecular formula is C12H12F3N5O2S. The van der Waals surface area contributed by atoms with E-state index in [2.05, 4.69) is 20.3 Å². The van der Waals surface area contributed by atoms with Gasteiger partial charge in [-0.1, -0.05) is 0 Å². The summed E-state index contributed by atoms with van der Waals surface area (Å²) in [6, 6.07) is 3.63. The Morgan fingerprint density at radius 3 is 2.39 bits per heavy atom. The summed E-state index contributed by atoms with van der Waals surface area (Å²) < 4.78 is 60.5. The van der Waals surface area contributed by atoms with Crippen LogP contribution in [0.5, 0.6) is 0 Å². The van der Waals surface area contributed by atoms with Crippen LogP contribution in [0.1, 0.15) is 5.69 Å². The molecule has 0 atom stereocenters. The first-order valence-electron chi connectivity index (χ1n) is 6.26. The first-order valence-corrected chi connectivity index (χ1v) is 7.98. The van der Waals surface area contributed by atoms with Crippen LogP contribution in [0.15, 0.2) is 30.6 Å². The van der Waals surface area contributed by atoms with E-state index >= 15 is 0 Å². The average molecular weight is 347 g/mol. The molecule has 0 radical (unpaired) electrons. The molecule has 0 bridgehead atoms. The van der Waals surface area contributed by atoms with E-state index in [9.17, 15) is 21.6 Å². The molecule has 0 aromatic carbocycles. The summed E-state index contributed by atoms with van der Waals surface area (Å²) in [6.45, 7) is -0.178. The minimum Gasteiger partial charge on any atom is -0.369 e. The third-order valence-electron chi connectivity index (χ3n) is 2.65. The number of anilines is 1. The zero-order chi connectivity index (χ0) is 17.1. The number of pyridine rings is 1. The topological polar surface area (TPSA) is 111 Å². The lowest BCUT2D eigenvalue weighted by atomic mass is 10.2. The second kappa shape index (κ2) is 6.46. The number of nitrogens with two attached hydrogens (primary N) is 1. The molecule has 2 rings (SSSR count). The normalized spacial score (nSPS) is 12.2. The average Bonchev–Trinajstić information content (AvgIpc) is 2.45. The highest BCUT2D eigenvalue weighted by Gasteiger charge is 2.33. The number of alkyl halides is 3. The van der Waals surface area contributed by atoms with Crippen molar-refractivity contribution in [1.29, 1.82) is 0 Å². The van der Waals surface area contributed by atoms with Crippen LogP contribution >= 0.6 is 0 Å². The van der Waals surface area contributed by atoms with E-state index in [-0.39, 0.29) is 18.2 Å². The first-order chi connectivity index (χ1) is 10.6. The molecule has 0 amide bonds. The van der Waals surface area contributed by atoms with Gasteiger partial charge in [-0.15, -0.1) is 0 Å². The molecule has 0 saturated heterocycles. The third kappa shape index (κ3) is 5.14. The molecule has 0 aliphatic heterocycles. The highest BCUT2D eigenvalue weighted by Crippen LogP contribution is 2.30. The number of sulfonamides is 1. The number of nitrogens with one attached hydrogen (secondary N) is 1. The van der Waals surface area contributed by atoms with E-state index in [1.54, 1.807) is 0 Å². The van der Waals surface area contributed by atoms with Gasteiger partial charge in [0.1, 0.15) is 5.82 Å². The van der Waals surface area contributed by atoms with E-state index in [0.29, 0.717) is 11.6 Å². The fourth-order valence-electron chi connectivity index (χ4n) is 1.63.